The van der Waals surface area contributed by atoms with Crippen molar-refractivity contribution in [3.05, 3.63) is 0 Å². The highest BCUT2D eigenvalue weighted by Gasteiger charge is 2.38. The van der Waals surface area contributed by atoms with Gasteiger partial charge in [0, 0.05) is 6.54 Å². The first-order valence-corrected chi connectivity index (χ1v) is 11.3. The third kappa shape index (κ3) is 9.34. The molecule has 0 saturated carbocycles. The zero-order valence-electron chi connectivity index (χ0n) is 19.3. The zero-order chi connectivity index (χ0) is 25.1. The first-order valence-electron chi connectivity index (χ1n) is 11.3. The van der Waals surface area contributed by atoms with E-state index in [0.29, 0.717) is 38.8 Å². The summed E-state index contributed by atoms with van der Waals surface area (Å²) in [5.74, 6) is -4.19. The van der Waals surface area contributed by atoms with Crippen molar-refractivity contribution < 1.29 is 34.2 Å². The smallest absolute Gasteiger partial charge is 0.326 e. The SMILES string of the molecule is CC(C)CC(NC(=O)C(CCCCN)NC(=O)C(N)CC(=O)O)C(=O)N1CCCC1C(=O)O. The number of hydrogen-bond donors (Lipinski definition) is 6. The number of nitrogens with one attached hydrogen (secondary N) is 2. The van der Waals surface area contributed by atoms with Gasteiger partial charge >= 0.3 is 11.9 Å². The standard InChI is InChI=1S/C21H37N5O7/c1-12(2)10-15(20(31)26-9-5-7-16(26)21(32)33)25-19(30)14(6-3-4-8-22)24-18(29)13(23)11-17(27)28/h12-16H,3-11,22-23H2,1-2H3,(H,24,29)(H,25,30)(H,27,28)(H,32,33). The molecule has 188 valence electrons. The second-order valence-corrected chi connectivity index (χ2v) is 8.77. The van der Waals surface area contributed by atoms with Crippen LogP contribution in [0.2, 0.25) is 0 Å². The fourth-order valence-electron chi connectivity index (χ4n) is 3.77. The van der Waals surface area contributed by atoms with Gasteiger partial charge in [-0.05, 0) is 51.0 Å². The van der Waals surface area contributed by atoms with Gasteiger partial charge in [-0.15, -0.1) is 0 Å². The lowest BCUT2D eigenvalue weighted by molar-refractivity contribution is -0.149. The van der Waals surface area contributed by atoms with Gasteiger partial charge in [0.05, 0.1) is 12.5 Å². The minimum atomic E-state index is -1.33. The fraction of sp³-hybridized carbons (Fsp3) is 0.762. The second-order valence-electron chi connectivity index (χ2n) is 8.77. The van der Waals surface area contributed by atoms with Crippen molar-refractivity contribution in [2.45, 2.75) is 83.0 Å². The van der Waals surface area contributed by atoms with E-state index in [4.69, 9.17) is 16.6 Å². The van der Waals surface area contributed by atoms with Crippen LogP contribution in [-0.2, 0) is 24.0 Å². The number of amides is 3. The van der Waals surface area contributed by atoms with E-state index in [2.05, 4.69) is 10.6 Å². The van der Waals surface area contributed by atoms with Crippen molar-refractivity contribution in [2.24, 2.45) is 17.4 Å². The van der Waals surface area contributed by atoms with Crippen LogP contribution in [0.3, 0.4) is 0 Å². The normalized spacial score (nSPS) is 18.5. The Morgan fingerprint density at radius 2 is 1.67 bits per heavy atom. The maximum absolute atomic E-state index is 13.1. The van der Waals surface area contributed by atoms with Crippen molar-refractivity contribution in [3.63, 3.8) is 0 Å². The molecule has 0 spiro atoms. The van der Waals surface area contributed by atoms with Crippen molar-refractivity contribution in [3.8, 4) is 0 Å². The molecule has 8 N–H and O–H groups in total. The molecular weight excluding hydrogens is 434 g/mol. The van der Waals surface area contributed by atoms with E-state index < -0.39 is 60.2 Å². The Morgan fingerprint density at radius 3 is 2.21 bits per heavy atom. The first kappa shape index (κ1) is 28.3. The van der Waals surface area contributed by atoms with E-state index in [1.807, 2.05) is 13.8 Å². The van der Waals surface area contributed by atoms with Crippen LogP contribution >= 0.6 is 0 Å². The molecule has 0 bridgehead atoms. The number of carbonyl (C=O) groups is 5. The molecular formula is C21H37N5O7. The predicted molar refractivity (Wildman–Crippen MR) is 119 cm³/mol. The highest BCUT2D eigenvalue weighted by molar-refractivity contribution is 5.94. The second kappa shape index (κ2) is 13.7. The molecule has 1 heterocycles. The number of hydrogen-bond acceptors (Lipinski definition) is 7. The van der Waals surface area contributed by atoms with E-state index in [9.17, 15) is 29.1 Å². The topological polar surface area (TPSA) is 205 Å². The van der Waals surface area contributed by atoms with E-state index in [1.54, 1.807) is 0 Å². The largest absolute Gasteiger partial charge is 0.481 e. The van der Waals surface area contributed by atoms with E-state index >= 15 is 0 Å². The molecule has 33 heavy (non-hydrogen) atoms. The van der Waals surface area contributed by atoms with Crippen LogP contribution in [0.4, 0.5) is 0 Å². The van der Waals surface area contributed by atoms with Gasteiger partial charge in [-0.2, -0.15) is 0 Å². The Balaban J connectivity index is 2.98. The predicted octanol–water partition coefficient (Wildman–Crippen LogP) is -0.991. The molecule has 1 rings (SSSR count). The first-order chi connectivity index (χ1) is 15.5. The summed E-state index contributed by atoms with van der Waals surface area (Å²) in [5.41, 5.74) is 11.1. The number of unbranched alkanes of at least 4 members (excludes halogenated alkanes) is 1. The van der Waals surface area contributed by atoms with Crippen molar-refractivity contribution in [1.29, 1.82) is 0 Å². The number of carboxylic acids is 2. The maximum atomic E-state index is 13.1. The lowest BCUT2D eigenvalue weighted by Gasteiger charge is -2.29. The van der Waals surface area contributed by atoms with Crippen molar-refractivity contribution in [2.75, 3.05) is 13.1 Å². The molecule has 0 radical (unpaired) electrons. The quantitative estimate of drug-likeness (QED) is 0.172. The van der Waals surface area contributed by atoms with E-state index in [0.717, 1.165) is 0 Å². The summed E-state index contributed by atoms with van der Waals surface area (Å²) in [6.45, 7) is 4.43. The van der Waals surface area contributed by atoms with E-state index in [-0.39, 0.29) is 18.8 Å². The lowest BCUT2D eigenvalue weighted by atomic mass is 10.0. The van der Waals surface area contributed by atoms with Gasteiger partial charge in [-0.3, -0.25) is 19.2 Å². The monoisotopic (exact) mass is 471 g/mol. The maximum Gasteiger partial charge on any atom is 0.326 e. The van der Waals surface area contributed by atoms with Crippen LogP contribution in [0.1, 0.15) is 58.8 Å². The van der Waals surface area contributed by atoms with Gasteiger partial charge < -0.3 is 37.2 Å². The Labute approximate surface area is 193 Å². The summed E-state index contributed by atoms with van der Waals surface area (Å²) in [6, 6.07) is -4.27. The minimum Gasteiger partial charge on any atom is -0.481 e. The summed E-state index contributed by atoms with van der Waals surface area (Å²) in [4.78, 5) is 62.1. The third-order valence-corrected chi connectivity index (χ3v) is 5.45. The number of carboxylic acid groups (broad SMARTS) is 2. The fourth-order valence-corrected chi connectivity index (χ4v) is 3.77. The van der Waals surface area contributed by atoms with Gasteiger partial charge in [0.25, 0.3) is 0 Å². The Kier molecular flexibility index (Phi) is 11.8. The number of aliphatic carboxylic acids is 2. The molecule has 4 atom stereocenters. The molecule has 0 aliphatic carbocycles. The number of nitrogens with zero attached hydrogens (tertiary/aromatic N) is 1. The summed E-state index contributed by atoms with van der Waals surface area (Å²) >= 11 is 0. The molecule has 1 aliphatic heterocycles. The highest BCUT2D eigenvalue weighted by atomic mass is 16.4. The van der Waals surface area contributed by atoms with Crippen LogP contribution in [0.25, 0.3) is 0 Å². The summed E-state index contributed by atoms with van der Waals surface area (Å²) in [7, 11) is 0. The zero-order valence-corrected chi connectivity index (χ0v) is 19.3. The average molecular weight is 472 g/mol. The lowest BCUT2D eigenvalue weighted by Crippen LogP contribution is -2.57. The molecule has 0 aromatic heterocycles. The van der Waals surface area contributed by atoms with Gasteiger partial charge in [-0.1, -0.05) is 13.8 Å². The third-order valence-electron chi connectivity index (χ3n) is 5.45. The molecule has 1 saturated heterocycles. The molecule has 4 unspecified atom stereocenters. The Morgan fingerprint density at radius 1 is 1.03 bits per heavy atom. The molecule has 1 aliphatic rings. The number of nitrogens with two attached hydrogens (primary N) is 2. The van der Waals surface area contributed by atoms with Crippen LogP contribution in [-0.4, -0.2) is 82.0 Å². The number of carbonyl (C=O) groups excluding carboxylic acids is 3. The van der Waals surface area contributed by atoms with Gasteiger partial charge in [0.15, 0.2) is 0 Å². The van der Waals surface area contributed by atoms with Crippen LogP contribution < -0.4 is 22.1 Å². The summed E-state index contributed by atoms with van der Waals surface area (Å²) in [6.07, 6.45) is 1.94. The molecule has 3 amide bonds. The van der Waals surface area contributed by atoms with E-state index in [1.165, 1.54) is 4.90 Å². The van der Waals surface area contributed by atoms with Crippen LogP contribution in [0.5, 0.6) is 0 Å². The summed E-state index contributed by atoms with van der Waals surface area (Å²) < 4.78 is 0. The molecule has 12 heteroatoms. The number of likely N-dealkylation sites (tertiary alicyclic amines) is 1. The van der Waals surface area contributed by atoms with Crippen molar-refractivity contribution >= 4 is 29.7 Å². The molecule has 12 nitrogen and oxygen atoms in total. The van der Waals surface area contributed by atoms with Crippen LogP contribution in [0, 0.1) is 5.92 Å². The average Bonchev–Trinajstić information content (AvgIpc) is 3.21. The number of rotatable bonds is 14. The van der Waals surface area contributed by atoms with Gasteiger partial charge in [-0.25, -0.2) is 4.79 Å². The van der Waals surface area contributed by atoms with Gasteiger partial charge in [0.1, 0.15) is 18.1 Å². The van der Waals surface area contributed by atoms with Crippen LogP contribution in [0.15, 0.2) is 0 Å². The molecule has 0 aromatic rings. The summed E-state index contributed by atoms with van der Waals surface area (Å²) in [5, 5.41) is 23.4. The Bertz CT molecular complexity index is 715. The van der Waals surface area contributed by atoms with Gasteiger partial charge in [0.2, 0.25) is 17.7 Å². The molecule has 0 aromatic carbocycles. The van der Waals surface area contributed by atoms with Crippen molar-refractivity contribution in [1.82, 2.24) is 15.5 Å². The molecule has 1 fully saturated rings. The Hall–Kier alpha value is -2.73. The minimum absolute atomic E-state index is 0.0272. The highest BCUT2D eigenvalue weighted by Crippen LogP contribution is 2.20.